The largest absolute Gasteiger partial charge is 0.507 e. The van der Waals surface area contributed by atoms with Gasteiger partial charge < -0.3 is 5.11 Å². The van der Waals surface area contributed by atoms with Crippen LogP contribution in [-0.2, 0) is 39.3 Å². The highest BCUT2D eigenvalue weighted by Crippen LogP contribution is 2.31. The first-order valence-corrected chi connectivity index (χ1v) is 14.6. The lowest BCUT2D eigenvalue weighted by molar-refractivity contribution is 0.232. The number of nitrogens with zero attached hydrogens (tertiary/aromatic N) is 5. The van der Waals surface area contributed by atoms with E-state index in [1.165, 1.54) is 0 Å². The summed E-state index contributed by atoms with van der Waals surface area (Å²) in [5.41, 5.74) is 6.44. The standard InChI is InChI=1S/C34H33Cl2N5O/c1-25-17-26(19-40(21-28-9-2-5-14-37-28)22-29-10-3-6-15-38-29)34(42)27(18-25)20-41(23-30-11-4-7-16-39-30)24-31-32(35)12-8-13-33(31)36/h2-18,42H,19-24H2,1H3. The maximum absolute atomic E-state index is 11.6. The van der Waals surface area contributed by atoms with E-state index in [2.05, 4.69) is 37.7 Å². The lowest BCUT2D eigenvalue weighted by Crippen LogP contribution is -2.25. The average Bonchev–Trinajstić information content (AvgIpc) is 2.99. The summed E-state index contributed by atoms with van der Waals surface area (Å²) < 4.78 is 0. The summed E-state index contributed by atoms with van der Waals surface area (Å²) in [6, 6.07) is 27.4. The van der Waals surface area contributed by atoms with Gasteiger partial charge in [0.05, 0.1) is 17.1 Å². The summed E-state index contributed by atoms with van der Waals surface area (Å²) in [7, 11) is 0. The van der Waals surface area contributed by atoms with Crippen molar-refractivity contribution in [1.29, 1.82) is 0 Å². The van der Waals surface area contributed by atoms with E-state index in [0.717, 1.165) is 39.3 Å². The van der Waals surface area contributed by atoms with Crippen molar-refractivity contribution in [3.8, 4) is 5.75 Å². The number of aromatic hydroxyl groups is 1. The molecule has 2 aromatic carbocycles. The second kappa shape index (κ2) is 14.4. The fraction of sp³-hybridized carbons (Fsp3) is 0.206. The molecule has 42 heavy (non-hydrogen) atoms. The van der Waals surface area contributed by atoms with Crippen LogP contribution in [0.25, 0.3) is 0 Å². The molecule has 1 N–H and O–H groups in total. The van der Waals surface area contributed by atoms with Crippen LogP contribution in [0.2, 0.25) is 10.0 Å². The van der Waals surface area contributed by atoms with Crippen LogP contribution in [-0.4, -0.2) is 29.9 Å². The average molecular weight is 599 g/mol. The van der Waals surface area contributed by atoms with Gasteiger partial charge in [-0.25, -0.2) is 0 Å². The fourth-order valence-electron chi connectivity index (χ4n) is 5.06. The van der Waals surface area contributed by atoms with Crippen LogP contribution in [0.1, 0.15) is 39.3 Å². The van der Waals surface area contributed by atoms with Gasteiger partial charge in [0.2, 0.25) is 0 Å². The molecule has 0 aliphatic heterocycles. The first kappa shape index (κ1) is 29.7. The third-order valence-corrected chi connectivity index (χ3v) is 7.69. The van der Waals surface area contributed by atoms with E-state index >= 15 is 0 Å². The van der Waals surface area contributed by atoms with Gasteiger partial charge in [-0.3, -0.25) is 24.8 Å². The minimum absolute atomic E-state index is 0.281. The van der Waals surface area contributed by atoms with Crippen LogP contribution >= 0.6 is 23.2 Å². The molecule has 5 rings (SSSR count). The zero-order chi connectivity index (χ0) is 29.3. The van der Waals surface area contributed by atoms with E-state index in [0.29, 0.717) is 49.3 Å². The Bertz CT molecular complexity index is 1520. The molecule has 0 spiro atoms. The topological polar surface area (TPSA) is 65.4 Å². The molecule has 6 nitrogen and oxygen atoms in total. The van der Waals surface area contributed by atoms with E-state index in [9.17, 15) is 5.11 Å². The third kappa shape index (κ3) is 8.14. The molecular weight excluding hydrogens is 565 g/mol. The summed E-state index contributed by atoms with van der Waals surface area (Å²) in [6.45, 7) is 5.39. The summed E-state index contributed by atoms with van der Waals surface area (Å²) in [6.07, 6.45) is 5.39. The molecule has 0 atom stereocenters. The number of hydrogen-bond donors (Lipinski definition) is 1. The van der Waals surface area contributed by atoms with Gasteiger partial charge in [0.1, 0.15) is 5.75 Å². The molecular formula is C34H33Cl2N5O. The lowest BCUT2D eigenvalue weighted by atomic mass is 10.0. The van der Waals surface area contributed by atoms with Crippen molar-refractivity contribution in [2.24, 2.45) is 0 Å². The smallest absolute Gasteiger partial charge is 0.124 e. The van der Waals surface area contributed by atoms with Crippen LogP contribution in [0.3, 0.4) is 0 Å². The second-order valence-corrected chi connectivity index (χ2v) is 11.2. The van der Waals surface area contributed by atoms with Gasteiger partial charge in [-0.2, -0.15) is 0 Å². The van der Waals surface area contributed by atoms with Crippen molar-refractivity contribution < 1.29 is 5.11 Å². The van der Waals surface area contributed by atoms with Gasteiger partial charge in [0.25, 0.3) is 0 Å². The Morgan fingerprint density at radius 2 is 1.00 bits per heavy atom. The fourth-order valence-corrected chi connectivity index (χ4v) is 5.58. The van der Waals surface area contributed by atoms with Crippen molar-refractivity contribution >= 4 is 23.2 Å². The van der Waals surface area contributed by atoms with Crippen molar-refractivity contribution in [3.63, 3.8) is 0 Å². The van der Waals surface area contributed by atoms with Crippen molar-refractivity contribution in [2.45, 2.75) is 46.2 Å². The zero-order valence-corrected chi connectivity index (χ0v) is 25.0. The molecule has 0 saturated carbocycles. The molecule has 8 heteroatoms. The Morgan fingerprint density at radius 3 is 1.40 bits per heavy atom. The van der Waals surface area contributed by atoms with Crippen LogP contribution < -0.4 is 0 Å². The Balaban J connectivity index is 1.43. The third-order valence-electron chi connectivity index (χ3n) is 6.98. The molecule has 0 radical (unpaired) electrons. The quantitative estimate of drug-likeness (QED) is 0.160. The van der Waals surface area contributed by atoms with Crippen LogP contribution in [0, 0.1) is 6.92 Å². The summed E-state index contributed by atoms with van der Waals surface area (Å²) in [5, 5.41) is 12.9. The van der Waals surface area contributed by atoms with Crippen molar-refractivity contribution in [3.05, 3.63) is 153 Å². The van der Waals surface area contributed by atoms with Crippen molar-refractivity contribution in [2.75, 3.05) is 0 Å². The minimum Gasteiger partial charge on any atom is -0.507 e. The maximum Gasteiger partial charge on any atom is 0.124 e. The number of benzene rings is 2. The van der Waals surface area contributed by atoms with Crippen molar-refractivity contribution in [1.82, 2.24) is 24.8 Å². The molecule has 0 bridgehead atoms. The lowest BCUT2D eigenvalue weighted by Gasteiger charge is -2.26. The number of phenolic OH excluding ortho intramolecular Hbond substituents is 1. The molecule has 0 fully saturated rings. The predicted octanol–water partition coefficient (Wildman–Crippen LogP) is 7.60. The first-order chi connectivity index (χ1) is 20.4. The summed E-state index contributed by atoms with van der Waals surface area (Å²) in [5.74, 6) is 0.281. The summed E-state index contributed by atoms with van der Waals surface area (Å²) in [4.78, 5) is 18.1. The Hall–Kier alpha value is -3.81. The molecule has 0 unspecified atom stereocenters. The number of pyridine rings is 3. The second-order valence-electron chi connectivity index (χ2n) is 10.4. The number of hydrogen-bond acceptors (Lipinski definition) is 6. The van der Waals surface area contributed by atoms with E-state index in [-0.39, 0.29) is 5.75 Å². The number of phenols is 1. The number of aryl methyl sites for hydroxylation is 1. The normalized spacial score (nSPS) is 11.4. The highest BCUT2D eigenvalue weighted by molar-refractivity contribution is 6.35. The zero-order valence-electron chi connectivity index (χ0n) is 23.5. The van der Waals surface area contributed by atoms with Gasteiger partial charge in [0, 0.05) is 84.6 Å². The van der Waals surface area contributed by atoms with E-state index < -0.39 is 0 Å². The van der Waals surface area contributed by atoms with Gasteiger partial charge in [0.15, 0.2) is 0 Å². The van der Waals surface area contributed by atoms with Gasteiger partial charge in [-0.1, -0.05) is 65.2 Å². The predicted molar refractivity (Wildman–Crippen MR) is 168 cm³/mol. The Labute approximate surface area is 257 Å². The molecule has 3 aromatic heterocycles. The summed E-state index contributed by atoms with van der Waals surface area (Å²) >= 11 is 13.1. The van der Waals surface area contributed by atoms with E-state index in [1.807, 2.05) is 78.9 Å². The molecule has 0 amide bonds. The van der Waals surface area contributed by atoms with Crippen LogP contribution in [0.15, 0.2) is 104 Å². The van der Waals surface area contributed by atoms with Crippen LogP contribution in [0.4, 0.5) is 0 Å². The SMILES string of the molecule is Cc1cc(CN(Cc2ccccn2)Cc2ccccn2)c(O)c(CN(Cc2ccccn2)Cc2c(Cl)cccc2Cl)c1. The Kier molecular flexibility index (Phi) is 10.2. The number of halogens is 2. The monoisotopic (exact) mass is 597 g/mol. The van der Waals surface area contributed by atoms with Gasteiger partial charge in [-0.15, -0.1) is 0 Å². The van der Waals surface area contributed by atoms with E-state index in [1.54, 1.807) is 18.6 Å². The van der Waals surface area contributed by atoms with Gasteiger partial charge >= 0.3 is 0 Å². The first-order valence-electron chi connectivity index (χ1n) is 13.8. The molecule has 0 saturated heterocycles. The highest BCUT2D eigenvalue weighted by atomic mass is 35.5. The van der Waals surface area contributed by atoms with E-state index in [4.69, 9.17) is 23.2 Å². The molecule has 214 valence electrons. The van der Waals surface area contributed by atoms with Crippen LogP contribution in [0.5, 0.6) is 5.75 Å². The highest BCUT2D eigenvalue weighted by Gasteiger charge is 2.19. The Morgan fingerprint density at radius 1 is 0.571 bits per heavy atom. The molecule has 0 aliphatic rings. The molecule has 0 aliphatic carbocycles. The molecule has 3 heterocycles. The minimum atomic E-state index is 0.281. The van der Waals surface area contributed by atoms with Gasteiger partial charge in [-0.05, 0) is 55.5 Å². The number of rotatable bonds is 12. The maximum atomic E-state index is 11.6. The number of aromatic nitrogens is 3. The molecule has 5 aromatic rings.